The second kappa shape index (κ2) is 7.58. The third kappa shape index (κ3) is 3.85. The number of carbonyl (C=O) groups is 1. The molecule has 0 saturated carbocycles. The SMILES string of the molecule is COc1cc(OC)c(N2C(=NC(=O)CC#N)S[C@H]3CS(=O)(=O)C[C@H]32)cc1Cl. The van der Waals surface area contributed by atoms with Gasteiger partial charge in [-0.1, -0.05) is 23.4 Å². The monoisotopic (exact) mass is 429 g/mol. The first-order chi connectivity index (χ1) is 12.8. The number of ether oxygens (including phenoxy) is 2. The van der Waals surface area contributed by atoms with Crippen molar-refractivity contribution in [2.45, 2.75) is 17.7 Å². The van der Waals surface area contributed by atoms with Gasteiger partial charge in [0, 0.05) is 11.3 Å². The number of hydrogen-bond donors (Lipinski definition) is 0. The molecule has 0 aromatic heterocycles. The lowest BCUT2D eigenvalue weighted by Gasteiger charge is -2.26. The van der Waals surface area contributed by atoms with Gasteiger partial charge in [0.2, 0.25) is 0 Å². The maximum atomic E-state index is 12.1. The molecule has 3 rings (SSSR count). The summed E-state index contributed by atoms with van der Waals surface area (Å²) in [7, 11) is -0.265. The van der Waals surface area contributed by atoms with Crippen LogP contribution >= 0.6 is 23.4 Å². The summed E-state index contributed by atoms with van der Waals surface area (Å²) in [6.07, 6.45) is -0.355. The number of nitrogens with zero attached hydrogens (tertiary/aromatic N) is 3. The molecule has 0 spiro atoms. The van der Waals surface area contributed by atoms with Gasteiger partial charge in [0.1, 0.15) is 17.9 Å². The topological polar surface area (TPSA) is 109 Å². The molecule has 2 saturated heterocycles. The number of fused-ring (bicyclic) bond motifs is 1. The standard InChI is InChI=1S/C16H16ClN3O5S2/c1-24-12-6-13(25-2)10(5-9(12)17)20-11-7-27(22,23)8-14(11)26-16(20)19-15(21)3-4-18/h5-6,11,14H,3,7-8H2,1-2H3/t11-,14+/m1/s1. The Hall–Kier alpha value is -1.96. The molecule has 1 aromatic carbocycles. The van der Waals surface area contributed by atoms with E-state index in [1.807, 2.05) is 0 Å². The molecule has 2 aliphatic rings. The quantitative estimate of drug-likeness (QED) is 0.713. The fourth-order valence-electron chi connectivity index (χ4n) is 3.09. The van der Waals surface area contributed by atoms with E-state index >= 15 is 0 Å². The van der Waals surface area contributed by atoms with Crippen molar-refractivity contribution in [1.29, 1.82) is 5.26 Å². The zero-order valence-electron chi connectivity index (χ0n) is 14.5. The highest BCUT2D eigenvalue weighted by atomic mass is 35.5. The number of halogens is 1. The van der Waals surface area contributed by atoms with E-state index in [1.54, 1.807) is 23.1 Å². The predicted octanol–water partition coefficient (Wildman–Crippen LogP) is 1.87. The minimum atomic E-state index is -3.20. The summed E-state index contributed by atoms with van der Waals surface area (Å²) in [4.78, 5) is 17.6. The Balaban J connectivity index is 2.11. The van der Waals surface area contributed by atoms with Crippen molar-refractivity contribution in [3.63, 3.8) is 0 Å². The van der Waals surface area contributed by atoms with Gasteiger partial charge in [0.15, 0.2) is 15.0 Å². The number of amidine groups is 1. The van der Waals surface area contributed by atoms with Crippen LogP contribution < -0.4 is 14.4 Å². The predicted molar refractivity (Wildman–Crippen MR) is 104 cm³/mol. The second-order valence-electron chi connectivity index (χ2n) is 5.95. The first-order valence-electron chi connectivity index (χ1n) is 7.86. The van der Waals surface area contributed by atoms with Crippen LogP contribution in [0, 0.1) is 11.3 Å². The highest BCUT2D eigenvalue weighted by molar-refractivity contribution is 8.16. The Morgan fingerprint density at radius 1 is 1.37 bits per heavy atom. The van der Waals surface area contributed by atoms with Gasteiger partial charge < -0.3 is 14.4 Å². The molecule has 1 amide bonds. The number of amides is 1. The number of sulfone groups is 1. The highest BCUT2D eigenvalue weighted by Crippen LogP contribution is 2.46. The number of hydrogen-bond acceptors (Lipinski definition) is 7. The van der Waals surface area contributed by atoms with Crippen molar-refractivity contribution in [3.8, 4) is 17.6 Å². The number of rotatable bonds is 4. The van der Waals surface area contributed by atoms with Gasteiger partial charge in [-0.15, -0.1) is 0 Å². The van der Waals surface area contributed by atoms with E-state index in [0.29, 0.717) is 27.4 Å². The van der Waals surface area contributed by atoms with E-state index in [-0.39, 0.29) is 23.2 Å². The van der Waals surface area contributed by atoms with Gasteiger partial charge in [-0.3, -0.25) is 4.79 Å². The lowest BCUT2D eigenvalue weighted by Crippen LogP contribution is -2.38. The lowest BCUT2D eigenvalue weighted by atomic mass is 10.2. The number of benzene rings is 1. The van der Waals surface area contributed by atoms with Crippen molar-refractivity contribution >= 4 is 50.0 Å². The van der Waals surface area contributed by atoms with Crippen molar-refractivity contribution in [2.75, 3.05) is 30.6 Å². The van der Waals surface area contributed by atoms with Crippen LogP contribution in [0.5, 0.6) is 11.5 Å². The maximum Gasteiger partial charge on any atom is 0.262 e. The van der Waals surface area contributed by atoms with E-state index in [2.05, 4.69) is 4.99 Å². The fourth-order valence-corrected chi connectivity index (χ4v) is 7.25. The first-order valence-corrected chi connectivity index (χ1v) is 10.9. The van der Waals surface area contributed by atoms with Crippen molar-refractivity contribution in [2.24, 2.45) is 4.99 Å². The lowest BCUT2D eigenvalue weighted by molar-refractivity contribution is -0.116. The van der Waals surface area contributed by atoms with Crippen molar-refractivity contribution in [1.82, 2.24) is 0 Å². The summed E-state index contributed by atoms with van der Waals surface area (Å²) < 4.78 is 34.8. The minimum absolute atomic E-state index is 0.00348. The Bertz CT molecular complexity index is 958. The van der Waals surface area contributed by atoms with E-state index in [4.69, 9.17) is 26.3 Å². The molecule has 8 nitrogen and oxygen atoms in total. The van der Waals surface area contributed by atoms with Gasteiger partial charge >= 0.3 is 0 Å². The van der Waals surface area contributed by atoms with Crippen LogP contribution in [0.15, 0.2) is 17.1 Å². The average Bonchev–Trinajstić information content (AvgIpc) is 3.05. The summed E-state index contributed by atoms with van der Waals surface area (Å²) in [6, 6.07) is 4.54. The number of thioether (sulfide) groups is 1. The molecule has 2 heterocycles. The largest absolute Gasteiger partial charge is 0.495 e. The Morgan fingerprint density at radius 2 is 2.07 bits per heavy atom. The Kier molecular flexibility index (Phi) is 5.55. The van der Waals surface area contributed by atoms with Gasteiger partial charge in [-0.05, 0) is 6.07 Å². The van der Waals surface area contributed by atoms with E-state index in [1.165, 1.54) is 26.0 Å². The molecule has 11 heteroatoms. The van der Waals surface area contributed by atoms with E-state index < -0.39 is 21.8 Å². The van der Waals surface area contributed by atoms with Crippen LogP contribution in [0.1, 0.15) is 6.42 Å². The highest BCUT2D eigenvalue weighted by Gasteiger charge is 2.50. The number of aliphatic imine (C=N–C) groups is 1. The number of anilines is 1. The Labute approximate surface area is 166 Å². The summed E-state index contributed by atoms with van der Waals surface area (Å²) in [5.74, 6) is 0.145. The minimum Gasteiger partial charge on any atom is -0.495 e. The summed E-state index contributed by atoms with van der Waals surface area (Å²) in [5, 5.41) is 9.08. The third-order valence-corrected chi connectivity index (χ3v) is 7.74. The Morgan fingerprint density at radius 3 is 2.70 bits per heavy atom. The molecule has 0 bridgehead atoms. The zero-order valence-corrected chi connectivity index (χ0v) is 16.9. The van der Waals surface area contributed by atoms with Gasteiger partial charge in [0.05, 0.1) is 48.5 Å². The molecule has 0 radical (unpaired) electrons. The second-order valence-corrected chi connectivity index (χ2v) is 9.72. The van der Waals surface area contributed by atoms with Crippen LogP contribution in [0.2, 0.25) is 5.02 Å². The van der Waals surface area contributed by atoms with Crippen molar-refractivity contribution in [3.05, 3.63) is 17.2 Å². The fraction of sp³-hybridized carbons (Fsp3) is 0.438. The van der Waals surface area contributed by atoms with Crippen LogP contribution in [-0.4, -0.2) is 56.5 Å². The molecule has 0 N–H and O–H groups in total. The summed E-state index contributed by atoms with van der Waals surface area (Å²) in [5.41, 5.74) is 0.490. The number of carbonyl (C=O) groups excluding carboxylic acids is 1. The van der Waals surface area contributed by atoms with Crippen LogP contribution in [0.3, 0.4) is 0 Å². The summed E-state index contributed by atoms with van der Waals surface area (Å²) >= 11 is 7.47. The van der Waals surface area contributed by atoms with Gasteiger partial charge in [-0.2, -0.15) is 10.3 Å². The molecule has 0 aliphatic carbocycles. The molecule has 2 fully saturated rings. The number of nitriles is 1. The third-order valence-electron chi connectivity index (χ3n) is 4.23. The zero-order chi connectivity index (χ0) is 19.8. The molecule has 27 heavy (non-hydrogen) atoms. The number of methoxy groups -OCH3 is 2. The average molecular weight is 430 g/mol. The molecule has 0 unspecified atom stereocenters. The van der Waals surface area contributed by atoms with Crippen molar-refractivity contribution < 1.29 is 22.7 Å². The van der Waals surface area contributed by atoms with Crippen LogP contribution in [0.25, 0.3) is 0 Å². The smallest absolute Gasteiger partial charge is 0.262 e. The molecule has 2 atom stereocenters. The molecular formula is C16H16ClN3O5S2. The van der Waals surface area contributed by atoms with Gasteiger partial charge in [0.25, 0.3) is 5.91 Å². The van der Waals surface area contributed by atoms with Crippen LogP contribution in [-0.2, 0) is 14.6 Å². The van der Waals surface area contributed by atoms with Gasteiger partial charge in [-0.25, -0.2) is 8.42 Å². The van der Waals surface area contributed by atoms with Crippen LogP contribution in [0.4, 0.5) is 5.69 Å². The van der Waals surface area contributed by atoms with E-state index in [0.717, 1.165) is 0 Å². The molecule has 144 valence electrons. The summed E-state index contributed by atoms with van der Waals surface area (Å²) in [6.45, 7) is 0. The first kappa shape index (κ1) is 19.8. The maximum absolute atomic E-state index is 12.1. The molecule has 2 aliphatic heterocycles. The molecular weight excluding hydrogens is 414 g/mol. The normalized spacial score (nSPS) is 24.5. The molecule has 1 aromatic rings. The van der Waals surface area contributed by atoms with E-state index in [9.17, 15) is 13.2 Å².